The number of amides is 1. The van der Waals surface area contributed by atoms with Gasteiger partial charge in [0.15, 0.2) is 0 Å². The zero-order chi connectivity index (χ0) is 10.8. The summed E-state index contributed by atoms with van der Waals surface area (Å²) in [5, 5.41) is 1.86. The molecule has 80 valence electrons. The highest BCUT2D eigenvalue weighted by Crippen LogP contribution is 2.22. The molecular formula is C11H14N2OS. The van der Waals surface area contributed by atoms with Crippen LogP contribution in [0.25, 0.3) is 0 Å². The van der Waals surface area contributed by atoms with Crippen molar-refractivity contribution >= 4 is 22.9 Å². The van der Waals surface area contributed by atoms with Crippen LogP contribution in [-0.4, -0.2) is 23.9 Å². The lowest BCUT2D eigenvalue weighted by molar-refractivity contribution is 0.0772. The Labute approximate surface area is 93.2 Å². The molecule has 0 aromatic carbocycles. The fourth-order valence-corrected chi connectivity index (χ4v) is 2.51. The van der Waals surface area contributed by atoms with Gasteiger partial charge < -0.3 is 10.6 Å². The van der Waals surface area contributed by atoms with E-state index in [1.165, 1.54) is 16.9 Å². The number of carbonyl (C=O) groups excluding carboxylic acids is 1. The first-order valence-electron chi connectivity index (χ1n) is 4.96. The van der Waals surface area contributed by atoms with Gasteiger partial charge in [-0.15, -0.1) is 11.3 Å². The van der Waals surface area contributed by atoms with E-state index in [1.807, 2.05) is 10.3 Å². The average Bonchev–Trinajstić information content (AvgIpc) is 2.63. The molecule has 2 N–H and O–H groups in total. The highest BCUT2D eigenvalue weighted by molar-refractivity contribution is 7.12. The monoisotopic (exact) mass is 222 g/mol. The van der Waals surface area contributed by atoms with Crippen LogP contribution in [0.4, 0.5) is 5.69 Å². The van der Waals surface area contributed by atoms with Crippen molar-refractivity contribution in [1.29, 1.82) is 0 Å². The largest absolute Gasteiger partial charge is 0.397 e. The summed E-state index contributed by atoms with van der Waals surface area (Å²) in [4.78, 5) is 14.6. The Morgan fingerprint density at radius 3 is 3.00 bits per heavy atom. The Bertz CT molecular complexity index is 408. The van der Waals surface area contributed by atoms with Gasteiger partial charge in [0.1, 0.15) is 4.88 Å². The average molecular weight is 222 g/mol. The number of hydrogen-bond acceptors (Lipinski definition) is 3. The van der Waals surface area contributed by atoms with Crippen LogP contribution in [0.2, 0.25) is 0 Å². The molecule has 1 aliphatic heterocycles. The van der Waals surface area contributed by atoms with Crippen LogP contribution >= 0.6 is 11.3 Å². The Morgan fingerprint density at radius 1 is 1.60 bits per heavy atom. The molecule has 0 fully saturated rings. The quantitative estimate of drug-likeness (QED) is 0.740. The first-order valence-corrected chi connectivity index (χ1v) is 5.84. The third-order valence-electron chi connectivity index (χ3n) is 2.51. The fraction of sp³-hybridized carbons (Fsp3) is 0.364. The SMILES string of the molecule is CC1=CCCN(C(=O)c2sccc2N)C1. The standard InChI is InChI=1S/C11H14N2OS/c1-8-3-2-5-13(7-8)11(14)10-9(12)4-6-15-10/h3-4,6H,2,5,7,12H2,1H3. The smallest absolute Gasteiger partial charge is 0.266 e. The Balaban J connectivity index is 2.16. The molecule has 0 bridgehead atoms. The van der Waals surface area contributed by atoms with Crippen LogP contribution in [0, 0.1) is 0 Å². The molecule has 0 unspecified atom stereocenters. The van der Waals surface area contributed by atoms with Crippen LogP contribution in [0.15, 0.2) is 23.1 Å². The van der Waals surface area contributed by atoms with Crippen molar-refractivity contribution in [1.82, 2.24) is 4.90 Å². The number of anilines is 1. The van der Waals surface area contributed by atoms with Gasteiger partial charge in [-0.1, -0.05) is 11.6 Å². The normalized spacial score (nSPS) is 16.3. The second kappa shape index (κ2) is 4.06. The molecule has 2 rings (SSSR count). The van der Waals surface area contributed by atoms with Crippen molar-refractivity contribution in [3.63, 3.8) is 0 Å². The maximum atomic E-state index is 12.1. The maximum Gasteiger partial charge on any atom is 0.266 e. The molecule has 2 heterocycles. The first-order chi connectivity index (χ1) is 7.18. The van der Waals surface area contributed by atoms with E-state index in [2.05, 4.69) is 13.0 Å². The zero-order valence-corrected chi connectivity index (χ0v) is 9.51. The van der Waals surface area contributed by atoms with Gasteiger partial charge in [0.2, 0.25) is 0 Å². The minimum atomic E-state index is 0.0648. The molecular weight excluding hydrogens is 208 g/mol. The second-order valence-electron chi connectivity index (χ2n) is 3.77. The van der Waals surface area contributed by atoms with Crippen molar-refractivity contribution in [2.45, 2.75) is 13.3 Å². The highest BCUT2D eigenvalue weighted by atomic mass is 32.1. The predicted octanol–water partition coefficient (Wildman–Crippen LogP) is 2.12. The van der Waals surface area contributed by atoms with Crippen molar-refractivity contribution in [3.8, 4) is 0 Å². The van der Waals surface area contributed by atoms with Gasteiger partial charge >= 0.3 is 0 Å². The van der Waals surface area contributed by atoms with E-state index in [4.69, 9.17) is 5.73 Å². The fourth-order valence-electron chi connectivity index (χ4n) is 1.72. The topological polar surface area (TPSA) is 46.3 Å². The summed E-state index contributed by atoms with van der Waals surface area (Å²) in [6, 6.07) is 1.78. The Hall–Kier alpha value is -1.29. The lowest BCUT2D eigenvalue weighted by Crippen LogP contribution is -2.35. The minimum Gasteiger partial charge on any atom is -0.397 e. The molecule has 15 heavy (non-hydrogen) atoms. The highest BCUT2D eigenvalue weighted by Gasteiger charge is 2.20. The molecule has 1 aliphatic rings. The number of nitrogen functional groups attached to an aromatic ring is 1. The van der Waals surface area contributed by atoms with Crippen molar-refractivity contribution in [2.24, 2.45) is 0 Å². The molecule has 1 amide bonds. The maximum absolute atomic E-state index is 12.1. The predicted molar refractivity (Wildman–Crippen MR) is 63.0 cm³/mol. The lowest BCUT2D eigenvalue weighted by atomic mass is 10.1. The molecule has 1 aromatic heterocycles. The van der Waals surface area contributed by atoms with Gasteiger partial charge in [0.05, 0.1) is 5.69 Å². The molecule has 0 atom stereocenters. The van der Waals surface area contributed by atoms with E-state index in [-0.39, 0.29) is 5.91 Å². The van der Waals surface area contributed by atoms with E-state index in [0.717, 1.165) is 19.5 Å². The van der Waals surface area contributed by atoms with Crippen molar-refractivity contribution in [2.75, 3.05) is 18.8 Å². The van der Waals surface area contributed by atoms with E-state index in [9.17, 15) is 4.79 Å². The lowest BCUT2D eigenvalue weighted by Gasteiger charge is -2.25. The van der Waals surface area contributed by atoms with Crippen LogP contribution in [-0.2, 0) is 0 Å². The third-order valence-corrected chi connectivity index (χ3v) is 3.43. The van der Waals surface area contributed by atoms with Crippen LogP contribution in [0.3, 0.4) is 0 Å². The summed E-state index contributed by atoms with van der Waals surface area (Å²) in [6.07, 6.45) is 3.13. The van der Waals surface area contributed by atoms with E-state index < -0.39 is 0 Å². The van der Waals surface area contributed by atoms with Gasteiger partial charge in [0.25, 0.3) is 5.91 Å². The number of thiophene rings is 1. The molecule has 0 radical (unpaired) electrons. The second-order valence-corrected chi connectivity index (χ2v) is 4.69. The molecule has 1 aromatic rings. The van der Waals surface area contributed by atoms with E-state index in [0.29, 0.717) is 10.6 Å². The van der Waals surface area contributed by atoms with Crippen molar-refractivity contribution in [3.05, 3.63) is 28.0 Å². The summed E-state index contributed by atoms with van der Waals surface area (Å²) in [6.45, 7) is 3.58. The van der Waals surface area contributed by atoms with Crippen LogP contribution in [0.5, 0.6) is 0 Å². The Morgan fingerprint density at radius 2 is 2.40 bits per heavy atom. The molecule has 0 aliphatic carbocycles. The van der Waals surface area contributed by atoms with Gasteiger partial charge in [-0.3, -0.25) is 4.79 Å². The number of nitrogens with two attached hydrogens (primary N) is 1. The number of rotatable bonds is 1. The number of nitrogens with zero attached hydrogens (tertiary/aromatic N) is 1. The van der Waals surface area contributed by atoms with Crippen LogP contribution < -0.4 is 5.73 Å². The van der Waals surface area contributed by atoms with E-state index >= 15 is 0 Å². The summed E-state index contributed by atoms with van der Waals surface area (Å²) in [5.41, 5.74) is 7.58. The summed E-state index contributed by atoms with van der Waals surface area (Å²) < 4.78 is 0. The molecule has 0 saturated carbocycles. The molecule has 0 spiro atoms. The Kier molecular flexibility index (Phi) is 2.77. The number of carbonyl (C=O) groups is 1. The molecule has 0 saturated heterocycles. The number of hydrogen-bond donors (Lipinski definition) is 1. The zero-order valence-electron chi connectivity index (χ0n) is 8.69. The summed E-state index contributed by atoms with van der Waals surface area (Å²) in [5.74, 6) is 0.0648. The molecule has 4 heteroatoms. The van der Waals surface area contributed by atoms with Gasteiger partial charge in [0, 0.05) is 13.1 Å². The summed E-state index contributed by atoms with van der Waals surface area (Å²) in [7, 11) is 0. The first kappa shape index (κ1) is 10.2. The van der Waals surface area contributed by atoms with Crippen LogP contribution in [0.1, 0.15) is 23.0 Å². The van der Waals surface area contributed by atoms with Gasteiger partial charge in [-0.05, 0) is 24.8 Å². The van der Waals surface area contributed by atoms with Crippen molar-refractivity contribution < 1.29 is 4.79 Å². The van der Waals surface area contributed by atoms with Gasteiger partial charge in [-0.2, -0.15) is 0 Å². The summed E-state index contributed by atoms with van der Waals surface area (Å²) >= 11 is 1.42. The van der Waals surface area contributed by atoms with E-state index in [1.54, 1.807) is 6.07 Å². The minimum absolute atomic E-state index is 0.0648. The third kappa shape index (κ3) is 2.04. The van der Waals surface area contributed by atoms with Gasteiger partial charge in [-0.25, -0.2) is 0 Å². The molecule has 3 nitrogen and oxygen atoms in total.